The zero-order valence-corrected chi connectivity index (χ0v) is 18.2. The summed E-state index contributed by atoms with van der Waals surface area (Å²) in [6, 6.07) is 1.82. The Morgan fingerprint density at radius 3 is 2.30 bits per heavy atom. The number of halogens is 1. The highest BCUT2D eigenvalue weighted by Gasteiger charge is 2.51. The number of hydrogen-bond acceptors (Lipinski definition) is 7. The zero-order valence-electron chi connectivity index (χ0n) is 17.4. The van der Waals surface area contributed by atoms with Gasteiger partial charge < -0.3 is 10.0 Å². The molecular weight excluding hydrogens is 406 g/mol. The second kappa shape index (κ2) is 10.0. The quantitative estimate of drug-likeness (QED) is 0.532. The number of rotatable bonds is 6. The van der Waals surface area contributed by atoms with Crippen LogP contribution in [-0.2, 0) is 9.59 Å². The first kappa shape index (κ1) is 22.9. The number of aliphatic hydroxyl groups excluding tert-OH is 1. The van der Waals surface area contributed by atoms with Crippen LogP contribution in [-0.4, -0.2) is 82.1 Å². The van der Waals surface area contributed by atoms with Crippen LogP contribution in [0.4, 0.5) is 5.95 Å². The molecule has 3 heterocycles. The molecule has 1 aromatic heterocycles. The van der Waals surface area contributed by atoms with Crippen molar-refractivity contribution in [1.29, 1.82) is 0 Å². The van der Waals surface area contributed by atoms with Gasteiger partial charge >= 0.3 is 0 Å². The lowest BCUT2D eigenvalue weighted by Gasteiger charge is -2.41. The molecule has 4 rings (SSSR count). The SMILES string of the molecule is Cl.O=C1CC2(CCCC2)C(O)C(=O)N1CCCCN1CCN(c2ncccn2)CC1. The first-order chi connectivity index (χ1) is 14.1. The van der Waals surface area contributed by atoms with Crippen LogP contribution in [0.3, 0.4) is 0 Å². The molecule has 8 nitrogen and oxygen atoms in total. The molecule has 30 heavy (non-hydrogen) atoms. The van der Waals surface area contributed by atoms with E-state index in [0.29, 0.717) is 13.0 Å². The van der Waals surface area contributed by atoms with Crippen molar-refractivity contribution < 1.29 is 14.7 Å². The Balaban J connectivity index is 0.00000256. The van der Waals surface area contributed by atoms with E-state index in [9.17, 15) is 14.7 Å². The molecule has 1 aliphatic carbocycles. The van der Waals surface area contributed by atoms with Crippen molar-refractivity contribution in [1.82, 2.24) is 19.8 Å². The predicted molar refractivity (Wildman–Crippen MR) is 115 cm³/mol. The summed E-state index contributed by atoms with van der Waals surface area (Å²) in [6.45, 7) is 5.10. The lowest BCUT2D eigenvalue weighted by molar-refractivity contribution is -0.166. The van der Waals surface area contributed by atoms with Gasteiger partial charge in [-0.05, 0) is 38.3 Å². The molecule has 166 valence electrons. The number of carbonyl (C=O) groups is 2. The van der Waals surface area contributed by atoms with E-state index in [2.05, 4.69) is 19.8 Å². The molecule has 1 unspecified atom stereocenters. The fourth-order valence-electron chi connectivity index (χ4n) is 5.02. The summed E-state index contributed by atoms with van der Waals surface area (Å²) in [5.41, 5.74) is -0.479. The van der Waals surface area contributed by atoms with Crippen molar-refractivity contribution in [2.75, 3.05) is 44.2 Å². The molecule has 1 atom stereocenters. The number of likely N-dealkylation sites (tertiary alicyclic amines) is 1. The van der Waals surface area contributed by atoms with Crippen LogP contribution < -0.4 is 4.90 Å². The van der Waals surface area contributed by atoms with Crippen molar-refractivity contribution in [2.45, 2.75) is 51.0 Å². The number of imide groups is 1. The van der Waals surface area contributed by atoms with E-state index in [4.69, 9.17) is 0 Å². The average molecular weight is 438 g/mol. The lowest BCUT2D eigenvalue weighted by Crippen LogP contribution is -2.56. The molecule has 1 N–H and O–H groups in total. The normalized spacial score (nSPS) is 24.4. The van der Waals surface area contributed by atoms with Crippen molar-refractivity contribution in [3.05, 3.63) is 18.5 Å². The Labute approximate surface area is 184 Å². The van der Waals surface area contributed by atoms with E-state index < -0.39 is 11.5 Å². The van der Waals surface area contributed by atoms with Crippen LogP contribution in [0, 0.1) is 5.41 Å². The van der Waals surface area contributed by atoms with Crippen LogP contribution >= 0.6 is 12.4 Å². The molecule has 3 aliphatic rings. The summed E-state index contributed by atoms with van der Waals surface area (Å²) in [6.07, 6.45) is 8.15. The van der Waals surface area contributed by atoms with Gasteiger partial charge in [0.2, 0.25) is 11.9 Å². The predicted octanol–water partition coefficient (Wildman–Crippen LogP) is 1.48. The molecule has 1 saturated carbocycles. The molecule has 1 spiro atoms. The Morgan fingerprint density at radius 1 is 1.00 bits per heavy atom. The third-order valence-electron chi connectivity index (χ3n) is 6.80. The second-order valence-corrected chi connectivity index (χ2v) is 8.62. The minimum Gasteiger partial charge on any atom is -0.383 e. The van der Waals surface area contributed by atoms with Gasteiger partial charge in [0.25, 0.3) is 5.91 Å². The fraction of sp³-hybridized carbons (Fsp3) is 0.714. The van der Waals surface area contributed by atoms with Gasteiger partial charge in [-0.15, -0.1) is 12.4 Å². The monoisotopic (exact) mass is 437 g/mol. The number of aromatic nitrogens is 2. The van der Waals surface area contributed by atoms with Crippen LogP contribution in [0.15, 0.2) is 18.5 Å². The molecule has 3 fully saturated rings. The molecule has 0 bridgehead atoms. The van der Waals surface area contributed by atoms with Crippen LogP contribution in [0.1, 0.15) is 44.9 Å². The summed E-state index contributed by atoms with van der Waals surface area (Å²) in [5.74, 6) is 0.311. The van der Waals surface area contributed by atoms with Crippen molar-refractivity contribution in [2.24, 2.45) is 5.41 Å². The van der Waals surface area contributed by atoms with Gasteiger partial charge in [-0.3, -0.25) is 19.4 Å². The van der Waals surface area contributed by atoms with Gasteiger partial charge in [0.1, 0.15) is 6.10 Å². The zero-order chi connectivity index (χ0) is 20.3. The molecule has 2 amide bonds. The number of piperidine rings is 1. The largest absolute Gasteiger partial charge is 0.383 e. The Bertz CT molecular complexity index is 721. The Morgan fingerprint density at radius 2 is 1.63 bits per heavy atom. The van der Waals surface area contributed by atoms with Crippen LogP contribution in [0.2, 0.25) is 0 Å². The van der Waals surface area contributed by atoms with Gasteiger partial charge in [-0.25, -0.2) is 9.97 Å². The summed E-state index contributed by atoms with van der Waals surface area (Å²) >= 11 is 0. The smallest absolute Gasteiger partial charge is 0.258 e. The highest BCUT2D eigenvalue weighted by molar-refractivity contribution is 6.01. The lowest BCUT2D eigenvalue weighted by atomic mass is 9.74. The van der Waals surface area contributed by atoms with E-state index in [0.717, 1.165) is 77.2 Å². The molecule has 0 radical (unpaired) electrons. The van der Waals surface area contributed by atoms with Crippen molar-refractivity contribution in [3.8, 4) is 0 Å². The topological polar surface area (TPSA) is 89.9 Å². The Kier molecular flexibility index (Phi) is 7.65. The van der Waals surface area contributed by atoms with Crippen LogP contribution in [0.25, 0.3) is 0 Å². The molecule has 9 heteroatoms. The van der Waals surface area contributed by atoms with Crippen molar-refractivity contribution in [3.63, 3.8) is 0 Å². The first-order valence-corrected chi connectivity index (χ1v) is 10.9. The maximum absolute atomic E-state index is 12.6. The number of nitrogens with zero attached hydrogens (tertiary/aromatic N) is 5. The van der Waals surface area contributed by atoms with Gasteiger partial charge in [-0.2, -0.15) is 0 Å². The highest BCUT2D eigenvalue weighted by atomic mass is 35.5. The van der Waals surface area contributed by atoms with Gasteiger partial charge in [-0.1, -0.05) is 12.8 Å². The number of piperazine rings is 1. The summed E-state index contributed by atoms with van der Waals surface area (Å²) in [7, 11) is 0. The average Bonchev–Trinajstić information content (AvgIpc) is 3.22. The second-order valence-electron chi connectivity index (χ2n) is 8.62. The minimum atomic E-state index is -1.00. The standard InChI is InChI=1S/C21H31N5O3.ClH/c27-17-16-21(6-1-2-7-21)18(28)19(29)26(17)11-4-3-10-24-12-14-25(15-13-24)20-22-8-5-9-23-20;/h5,8-9,18,28H,1-4,6-7,10-16H2;1H. The van der Waals surface area contributed by atoms with E-state index in [-0.39, 0.29) is 24.2 Å². The Hall–Kier alpha value is -1.77. The van der Waals surface area contributed by atoms with Gasteiger partial charge in [0.15, 0.2) is 0 Å². The molecule has 0 aromatic carbocycles. The molecule has 1 aromatic rings. The maximum Gasteiger partial charge on any atom is 0.258 e. The van der Waals surface area contributed by atoms with Crippen molar-refractivity contribution >= 4 is 30.2 Å². The summed E-state index contributed by atoms with van der Waals surface area (Å²) < 4.78 is 0. The van der Waals surface area contributed by atoms with E-state index in [1.807, 2.05) is 6.07 Å². The number of aliphatic hydroxyl groups is 1. The first-order valence-electron chi connectivity index (χ1n) is 10.9. The fourth-order valence-corrected chi connectivity index (χ4v) is 5.02. The van der Waals surface area contributed by atoms with Crippen LogP contribution in [0.5, 0.6) is 0 Å². The third-order valence-corrected chi connectivity index (χ3v) is 6.80. The molecule has 2 saturated heterocycles. The minimum absolute atomic E-state index is 0. The highest BCUT2D eigenvalue weighted by Crippen LogP contribution is 2.47. The van der Waals surface area contributed by atoms with Gasteiger partial charge in [0, 0.05) is 57.0 Å². The van der Waals surface area contributed by atoms with E-state index >= 15 is 0 Å². The maximum atomic E-state index is 12.6. The molecule has 2 aliphatic heterocycles. The molecular formula is C21H32ClN5O3. The summed E-state index contributed by atoms with van der Waals surface area (Å²) in [4.78, 5) is 39.7. The number of carbonyl (C=O) groups excluding carboxylic acids is 2. The van der Waals surface area contributed by atoms with E-state index in [1.54, 1.807) is 12.4 Å². The number of unbranched alkanes of at least 4 members (excludes halogenated alkanes) is 1. The summed E-state index contributed by atoms with van der Waals surface area (Å²) in [5, 5.41) is 10.5. The number of anilines is 1. The number of hydrogen-bond donors (Lipinski definition) is 1. The van der Waals surface area contributed by atoms with Gasteiger partial charge in [0.05, 0.1) is 0 Å². The third kappa shape index (κ3) is 4.76. The number of amides is 2. The van der Waals surface area contributed by atoms with E-state index in [1.165, 1.54) is 4.90 Å².